The van der Waals surface area contributed by atoms with E-state index in [1.807, 2.05) is 0 Å². The van der Waals surface area contributed by atoms with Crippen LogP contribution in [0.15, 0.2) is 24.3 Å². The van der Waals surface area contributed by atoms with E-state index in [0.717, 1.165) is 13.1 Å². The van der Waals surface area contributed by atoms with E-state index in [9.17, 15) is 0 Å². The molecule has 0 aromatic heterocycles. The van der Waals surface area contributed by atoms with Crippen molar-refractivity contribution >= 4 is 21.2 Å². The van der Waals surface area contributed by atoms with Crippen molar-refractivity contribution in [2.75, 3.05) is 22.2 Å². The van der Waals surface area contributed by atoms with Gasteiger partial charge in [-0.2, -0.15) is 0 Å². The summed E-state index contributed by atoms with van der Waals surface area (Å²) in [5, 5.41) is 0. The summed E-state index contributed by atoms with van der Waals surface area (Å²) in [4.78, 5) is 0. The second-order valence-electron chi connectivity index (χ2n) is 8.15. The maximum Gasteiger partial charge on any atom is 0.231 e. The van der Waals surface area contributed by atoms with Gasteiger partial charge in [0.1, 0.15) is 0 Å². The molecule has 3 heteroatoms. The Morgan fingerprint density at radius 1 is 0.789 bits per heavy atom. The molecule has 0 aliphatic carbocycles. The average molecular weight is 276 g/mol. The Balaban J connectivity index is 2.23. The minimum Gasteiger partial charge on any atom is -0.383 e. The molecule has 1 aliphatic rings. The maximum absolute atomic E-state index is 2.65. The Hall–Kier alpha value is -0.963. The van der Waals surface area contributed by atoms with E-state index in [2.05, 4.69) is 74.9 Å². The lowest BCUT2D eigenvalue weighted by Gasteiger charge is -2.31. The molecule has 1 aliphatic heterocycles. The first-order valence-electron chi connectivity index (χ1n) is 7.25. The van der Waals surface area contributed by atoms with Gasteiger partial charge in [0.25, 0.3) is 0 Å². The minimum absolute atomic E-state index is 0.359. The van der Waals surface area contributed by atoms with Gasteiger partial charge in [-0.05, 0) is 23.0 Å². The zero-order valence-electron chi connectivity index (χ0n) is 13.3. The molecule has 0 N–H and O–H groups in total. The number of hydrogen-bond donors (Lipinski definition) is 0. The van der Waals surface area contributed by atoms with Gasteiger partial charge in [-0.1, -0.05) is 53.7 Å². The summed E-state index contributed by atoms with van der Waals surface area (Å²) >= 11 is 0. The van der Waals surface area contributed by atoms with Crippen LogP contribution in [0.1, 0.15) is 41.5 Å². The normalized spacial score (nSPS) is 15.9. The smallest absolute Gasteiger partial charge is 0.231 e. The fraction of sp³-hybridized carbons (Fsp3) is 0.625. The second kappa shape index (κ2) is 4.86. The van der Waals surface area contributed by atoms with Crippen LogP contribution in [-0.4, -0.2) is 22.9 Å². The van der Waals surface area contributed by atoms with Gasteiger partial charge < -0.3 is 9.13 Å². The number of rotatable bonds is 2. The third kappa shape index (κ3) is 3.75. The van der Waals surface area contributed by atoms with Crippen LogP contribution in [-0.2, 0) is 0 Å². The molecule has 2 rings (SSSR count). The van der Waals surface area contributed by atoms with Crippen molar-refractivity contribution in [2.24, 2.45) is 10.8 Å². The van der Waals surface area contributed by atoms with E-state index in [1.165, 1.54) is 11.4 Å². The molecule has 0 unspecified atom stereocenters. The van der Waals surface area contributed by atoms with E-state index in [1.54, 1.807) is 0 Å². The van der Waals surface area contributed by atoms with Gasteiger partial charge in [-0.15, -0.1) is 0 Å². The summed E-state index contributed by atoms with van der Waals surface area (Å²) in [6.07, 6.45) is 0. The number of fused-ring (bicyclic) bond motifs is 1. The van der Waals surface area contributed by atoms with Crippen LogP contribution in [0.2, 0.25) is 0 Å². The fourth-order valence-electron chi connectivity index (χ4n) is 2.77. The summed E-state index contributed by atoms with van der Waals surface area (Å²) in [6, 6.07) is 8.92. The lowest BCUT2D eigenvalue weighted by Crippen LogP contribution is -2.42. The van der Waals surface area contributed by atoms with E-state index in [4.69, 9.17) is 0 Å². The molecule has 0 saturated heterocycles. The summed E-state index contributed by atoms with van der Waals surface area (Å²) in [5.74, 6) is 0. The molecule has 1 aromatic carbocycles. The number of benzene rings is 1. The largest absolute Gasteiger partial charge is 0.383 e. The highest BCUT2D eigenvalue weighted by molar-refractivity contribution is 6.51. The van der Waals surface area contributed by atoms with Crippen LogP contribution < -0.4 is 9.13 Å². The summed E-state index contributed by atoms with van der Waals surface area (Å²) in [6.45, 7) is 16.3. The van der Waals surface area contributed by atoms with Crippen LogP contribution in [0.25, 0.3) is 0 Å². The molecule has 0 saturated carbocycles. The predicted octanol–water partition coefficient (Wildman–Crippen LogP) is 3.40. The highest BCUT2D eigenvalue weighted by atomic mass is 28.2. The maximum atomic E-state index is 2.65. The first-order chi connectivity index (χ1) is 8.66. The predicted molar refractivity (Wildman–Crippen MR) is 88.6 cm³/mol. The number of para-hydroxylation sites is 2. The average Bonchev–Trinajstić information content (AvgIpc) is 2.53. The number of hydrogen-bond acceptors (Lipinski definition) is 2. The quantitative estimate of drug-likeness (QED) is 0.764. The van der Waals surface area contributed by atoms with Crippen molar-refractivity contribution in [1.82, 2.24) is 0 Å². The molecule has 1 aromatic rings. The molecule has 0 radical (unpaired) electrons. The molecule has 19 heavy (non-hydrogen) atoms. The van der Waals surface area contributed by atoms with E-state index in [0.29, 0.717) is 10.8 Å². The van der Waals surface area contributed by atoms with Crippen LogP contribution in [0.3, 0.4) is 0 Å². The molecule has 2 nitrogen and oxygen atoms in total. The lowest BCUT2D eigenvalue weighted by atomic mass is 9.96. The van der Waals surface area contributed by atoms with Crippen LogP contribution in [0.4, 0.5) is 11.4 Å². The Morgan fingerprint density at radius 2 is 1.16 bits per heavy atom. The van der Waals surface area contributed by atoms with Crippen molar-refractivity contribution in [2.45, 2.75) is 41.5 Å². The van der Waals surface area contributed by atoms with E-state index >= 15 is 0 Å². The zero-order valence-corrected chi connectivity index (χ0v) is 14.7. The monoisotopic (exact) mass is 276 g/mol. The molecular weight excluding hydrogens is 248 g/mol. The number of nitrogens with zero attached hydrogens (tertiary/aromatic N) is 2. The van der Waals surface area contributed by atoms with Crippen LogP contribution in [0, 0.1) is 10.8 Å². The van der Waals surface area contributed by atoms with Crippen molar-refractivity contribution in [3.63, 3.8) is 0 Å². The Labute approximate surface area is 120 Å². The molecule has 0 bridgehead atoms. The van der Waals surface area contributed by atoms with Crippen molar-refractivity contribution in [3.8, 4) is 0 Å². The van der Waals surface area contributed by atoms with Gasteiger partial charge in [0.05, 0.1) is 11.4 Å². The van der Waals surface area contributed by atoms with Gasteiger partial charge in [0.15, 0.2) is 0 Å². The molecular formula is C16H28N2Si. The second-order valence-corrected chi connectivity index (χ2v) is 9.96. The molecule has 0 fully saturated rings. The lowest BCUT2D eigenvalue weighted by molar-refractivity contribution is 0.426. The molecule has 0 amide bonds. The first-order valence-corrected chi connectivity index (χ1v) is 8.51. The van der Waals surface area contributed by atoms with Crippen LogP contribution >= 0.6 is 0 Å². The molecule has 0 spiro atoms. The Morgan fingerprint density at radius 3 is 1.47 bits per heavy atom. The van der Waals surface area contributed by atoms with Crippen molar-refractivity contribution in [3.05, 3.63) is 24.3 Å². The van der Waals surface area contributed by atoms with Gasteiger partial charge in [0, 0.05) is 13.1 Å². The topological polar surface area (TPSA) is 6.48 Å². The summed E-state index contributed by atoms with van der Waals surface area (Å²) in [7, 11) is -0.375. The Kier molecular flexibility index (Phi) is 3.69. The molecule has 0 atom stereocenters. The summed E-state index contributed by atoms with van der Waals surface area (Å²) in [5.41, 5.74) is 3.62. The van der Waals surface area contributed by atoms with E-state index < -0.39 is 0 Å². The number of anilines is 2. The molecule has 106 valence electrons. The van der Waals surface area contributed by atoms with Crippen molar-refractivity contribution in [1.29, 1.82) is 0 Å². The molecule has 1 heterocycles. The third-order valence-corrected chi connectivity index (χ3v) is 5.05. The van der Waals surface area contributed by atoms with Gasteiger partial charge in [-0.3, -0.25) is 0 Å². The SMILES string of the molecule is CC(C)(C)CN1[SiH2]N(CC(C)(C)C)c2ccccc21. The van der Waals surface area contributed by atoms with Gasteiger partial charge in [-0.25, -0.2) is 0 Å². The minimum atomic E-state index is -0.375. The summed E-state index contributed by atoms with van der Waals surface area (Å²) < 4.78 is 5.31. The van der Waals surface area contributed by atoms with Crippen LogP contribution in [0.5, 0.6) is 0 Å². The van der Waals surface area contributed by atoms with Crippen molar-refractivity contribution < 1.29 is 0 Å². The van der Waals surface area contributed by atoms with E-state index in [-0.39, 0.29) is 9.84 Å². The highest BCUT2D eigenvalue weighted by Gasteiger charge is 2.30. The fourth-order valence-corrected chi connectivity index (χ4v) is 5.57. The zero-order chi connectivity index (χ0) is 14.3. The first kappa shape index (κ1) is 14.4. The third-order valence-electron chi connectivity index (χ3n) is 3.23. The standard InChI is InChI=1S/C16H28N2Si/c1-15(2,3)11-17-13-9-7-8-10-14(13)18(19-17)12-16(4,5)6/h7-10H,11-12,19H2,1-6H3. The highest BCUT2D eigenvalue weighted by Crippen LogP contribution is 2.37. The Bertz CT molecular complexity index is 402. The van der Waals surface area contributed by atoms with Gasteiger partial charge >= 0.3 is 0 Å². The van der Waals surface area contributed by atoms with Gasteiger partial charge in [0.2, 0.25) is 9.84 Å².